The third kappa shape index (κ3) is 9.84. The Morgan fingerprint density at radius 2 is 1.58 bits per heavy atom. The molecule has 0 aromatic heterocycles. The molecule has 0 bridgehead atoms. The highest BCUT2D eigenvalue weighted by molar-refractivity contribution is 5.87. The van der Waals surface area contributed by atoms with Crippen LogP contribution in [0.5, 0.6) is 23.0 Å². The summed E-state index contributed by atoms with van der Waals surface area (Å²) in [6.07, 6.45) is -16.5. The molecule has 19 heteroatoms. The number of carbonyl (C=O) groups excluding carboxylic acids is 1. The molecule has 3 fully saturated rings. The first kappa shape index (κ1) is 42.5. The maximum absolute atomic E-state index is 12.8. The van der Waals surface area contributed by atoms with Crippen LogP contribution in [-0.2, 0) is 44.4 Å². The Kier molecular flexibility index (Phi) is 14.3. The normalized spacial score (nSPS) is 35.2. The number of aromatic hydroxyl groups is 2. The second-order valence-electron chi connectivity index (χ2n) is 13.3. The molecule has 3 saturated heterocycles. The fraction of sp³-hybridized carbons (Fsp3) is 0.583. The van der Waals surface area contributed by atoms with Gasteiger partial charge in [-0.3, -0.25) is 0 Å². The van der Waals surface area contributed by atoms with Crippen LogP contribution in [0.4, 0.5) is 0 Å². The number of hydrogen-bond donors (Lipinski definition) is 9. The summed E-state index contributed by atoms with van der Waals surface area (Å²) < 4.78 is 50.8. The third-order valence-corrected chi connectivity index (χ3v) is 9.51. The van der Waals surface area contributed by atoms with Crippen molar-refractivity contribution in [3.05, 3.63) is 53.6 Å². The quantitative estimate of drug-likeness (QED) is 0.0701. The minimum atomic E-state index is -2.12. The second-order valence-corrected chi connectivity index (χ2v) is 13.3. The van der Waals surface area contributed by atoms with Crippen LogP contribution in [0, 0.1) is 0 Å². The van der Waals surface area contributed by atoms with Gasteiger partial charge in [0.2, 0.25) is 0 Å². The van der Waals surface area contributed by atoms with Gasteiger partial charge >= 0.3 is 5.97 Å². The zero-order chi connectivity index (χ0) is 40.0. The lowest BCUT2D eigenvalue weighted by atomic mass is 9.96. The van der Waals surface area contributed by atoms with E-state index in [1.54, 1.807) is 12.1 Å². The monoisotopic (exact) mass is 784 g/mol. The molecule has 0 unspecified atom stereocenters. The largest absolute Gasteiger partial charge is 0.504 e. The number of esters is 1. The zero-order valence-electron chi connectivity index (χ0n) is 30.2. The molecular formula is C36H48O19. The van der Waals surface area contributed by atoms with E-state index < -0.39 is 105 Å². The van der Waals surface area contributed by atoms with Gasteiger partial charge < -0.3 is 88.6 Å². The van der Waals surface area contributed by atoms with Gasteiger partial charge in [-0.15, -0.1) is 0 Å². The lowest BCUT2D eigenvalue weighted by Crippen LogP contribution is -2.65. The van der Waals surface area contributed by atoms with E-state index in [0.717, 1.165) is 6.08 Å². The van der Waals surface area contributed by atoms with Gasteiger partial charge in [-0.2, -0.15) is 0 Å². The third-order valence-electron chi connectivity index (χ3n) is 9.51. The molecule has 2 aromatic carbocycles. The van der Waals surface area contributed by atoms with Gasteiger partial charge in [-0.25, -0.2) is 4.79 Å². The molecule has 0 aliphatic carbocycles. The molecule has 5 rings (SSSR count). The maximum Gasteiger partial charge on any atom is 0.330 e. The van der Waals surface area contributed by atoms with Crippen LogP contribution < -0.4 is 9.47 Å². The number of aliphatic hydroxyl groups is 7. The van der Waals surface area contributed by atoms with Gasteiger partial charge in [0.15, 0.2) is 41.9 Å². The summed E-state index contributed by atoms with van der Waals surface area (Å²) in [5, 5.41) is 94.4. The van der Waals surface area contributed by atoms with Crippen LogP contribution in [-0.4, -0.2) is 172 Å². The SMILES string of the molecule is COc1ccc(CCO[C@@H]2O[C@H](COC(=O)C=Cc3ccc(O)c(OC)c3)[C@@H](O)[C@H](O[C@@H]3O[C@@H](C)[C@H](O)[C@@H](O)[C@H]3O)[C@H]2O[C@@H]2OC[C@](O)(CO)[C@H]2O)cc1O. The molecule has 55 heavy (non-hydrogen) atoms. The van der Waals surface area contributed by atoms with Gasteiger partial charge in [-0.1, -0.05) is 12.1 Å². The summed E-state index contributed by atoms with van der Waals surface area (Å²) in [6, 6.07) is 9.07. The Morgan fingerprint density at radius 3 is 2.25 bits per heavy atom. The van der Waals surface area contributed by atoms with E-state index in [9.17, 15) is 50.8 Å². The van der Waals surface area contributed by atoms with E-state index in [0.29, 0.717) is 11.1 Å². The van der Waals surface area contributed by atoms with Gasteiger partial charge in [0, 0.05) is 6.08 Å². The first-order valence-corrected chi connectivity index (χ1v) is 17.4. The van der Waals surface area contributed by atoms with Crippen LogP contribution in [0.15, 0.2) is 42.5 Å². The topological polar surface area (TPSA) is 282 Å². The van der Waals surface area contributed by atoms with E-state index in [2.05, 4.69) is 0 Å². The minimum Gasteiger partial charge on any atom is -0.504 e. The van der Waals surface area contributed by atoms with Crippen LogP contribution >= 0.6 is 0 Å². The highest BCUT2D eigenvalue weighted by atomic mass is 16.8. The summed E-state index contributed by atoms with van der Waals surface area (Å²) in [5.74, 6) is -0.670. The Balaban J connectivity index is 1.40. The molecule has 9 N–H and O–H groups in total. The van der Waals surface area contributed by atoms with Crippen molar-refractivity contribution in [2.24, 2.45) is 0 Å². The number of phenolic OH excluding ortho intramolecular Hbond substituents is 2. The highest BCUT2D eigenvalue weighted by Crippen LogP contribution is 2.35. The van der Waals surface area contributed by atoms with Crippen molar-refractivity contribution < 1.29 is 93.4 Å². The Labute approximate surface area is 315 Å². The van der Waals surface area contributed by atoms with Gasteiger partial charge in [0.05, 0.1) is 40.1 Å². The number of benzene rings is 2. The number of aliphatic hydroxyl groups excluding tert-OH is 6. The van der Waals surface area contributed by atoms with E-state index in [1.807, 2.05) is 0 Å². The summed E-state index contributed by atoms with van der Waals surface area (Å²) >= 11 is 0. The van der Waals surface area contributed by atoms with Gasteiger partial charge in [0.25, 0.3) is 0 Å². The smallest absolute Gasteiger partial charge is 0.330 e. The van der Waals surface area contributed by atoms with Gasteiger partial charge in [-0.05, 0) is 54.8 Å². The van der Waals surface area contributed by atoms with Crippen LogP contribution in [0.3, 0.4) is 0 Å². The summed E-state index contributed by atoms with van der Waals surface area (Å²) in [6.45, 7) is -0.743. The summed E-state index contributed by atoms with van der Waals surface area (Å²) in [4.78, 5) is 12.8. The van der Waals surface area contributed by atoms with Crippen LogP contribution in [0.25, 0.3) is 6.08 Å². The Hall–Kier alpha value is -3.67. The van der Waals surface area contributed by atoms with Crippen molar-refractivity contribution >= 4 is 12.0 Å². The number of methoxy groups -OCH3 is 2. The lowest BCUT2D eigenvalue weighted by Gasteiger charge is -2.47. The number of hydrogen-bond acceptors (Lipinski definition) is 19. The van der Waals surface area contributed by atoms with Gasteiger partial charge in [0.1, 0.15) is 61.0 Å². The van der Waals surface area contributed by atoms with Crippen molar-refractivity contribution in [1.82, 2.24) is 0 Å². The summed E-state index contributed by atoms with van der Waals surface area (Å²) in [5.41, 5.74) is -1.01. The van der Waals surface area contributed by atoms with Crippen LogP contribution in [0.1, 0.15) is 18.1 Å². The number of ether oxygens (including phenoxy) is 9. The minimum absolute atomic E-state index is 0.104. The molecule has 19 nitrogen and oxygen atoms in total. The van der Waals surface area contributed by atoms with Crippen molar-refractivity contribution in [2.75, 3.05) is 40.6 Å². The molecular weight excluding hydrogens is 736 g/mol. The first-order valence-electron chi connectivity index (χ1n) is 17.4. The van der Waals surface area contributed by atoms with E-state index in [1.165, 1.54) is 51.5 Å². The number of phenols is 2. The number of carbonyl (C=O) groups is 1. The average molecular weight is 785 g/mol. The second kappa shape index (κ2) is 18.5. The first-order chi connectivity index (χ1) is 26.2. The van der Waals surface area contributed by atoms with Crippen molar-refractivity contribution in [3.63, 3.8) is 0 Å². The molecule has 0 amide bonds. The fourth-order valence-corrected chi connectivity index (χ4v) is 6.17. The molecule has 0 radical (unpaired) electrons. The van der Waals surface area contributed by atoms with Crippen molar-refractivity contribution in [1.29, 1.82) is 0 Å². The lowest BCUT2D eigenvalue weighted by molar-refractivity contribution is -0.375. The summed E-state index contributed by atoms with van der Waals surface area (Å²) in [7, 11) is 2.76. The Bertz CT molecular complexity index is 1610. The van der Waals surface area contributed by atoms with E-state index in [-0.39, 0.29) is 36.0 Å². The van der Waals surface area contributed by atoms with E-state index in [4.69, 9.17) is 42.6 Å². The fourth-order valence-electron chi connectivity index (χ4n) is 6.17. The number of rotatable bonds is 15. The molecule has 0 saturated carbocycles. The standard InChI is InChI=1S/C36H48O19/c1-17-26(41)28(43)29(44)33(52-17)54-30-27(42)24(14-50-25(40)9-6-18-4-7-20(38)23(13-18)48-3)53-34(31(30)55-35-32(45)36(46,15-37)16-51-35)49-11-10-19-5-8-22(47-2)21(39)12-19/h4-9,12-13,17,24,26-35,37-39,41-46H,10-11,14-16H2,1-3H3/t17-,24+,26-,27+,28+,29+,30-,31+,32-,33-,34+,35-,36+/m0/s1. The molecule has 3 aliphatic rings. The molecule has 3 aliphatic heterocycles. The molecule has 2 aromatic rings. The van der Waals surface area contributed by atoms with Crippen molar-refractivity contribution in [2.45, 2.75) is 92.8 Å². The molecule has 0 spiro atoms. The molecule has 3 heterocycles. The predicted octanol–water partition coefficient (Wildman–Crippen LogP) is -1.94. The maximum atomic E-state index is 12.8. The van der Waals surface area contributed by atoms with Crippen molar-refractivity contribution in [3.8, 4) is 23.0 Å². The zero-order valence-corrected chi connectivity index (χ0v) is 30.2. The average Bonchev–Trinajstić information content (AvgIpc) is 3.46. The predicted molar refractivity (Wildman–Crippen MR) is 184 cm³/mol. The molecule has 13 atom stereocenters. The highest BCUT2D eigenvalue weighted by Gasteiger charge is 2.55. The Morgan fingerprint density at radius 1 is 0.855 bits per heavy atom. The van der Waals surface area contributed by atoms with E-state index >= 15 is 0 Å². The van der Waals surface area contributed by atoms with Crippen LogP contribution in [0.2, 0.25) is 0 Å². The molecule has 306 valence electrons.